The highest BCUT2D eigenvalue weighted by atomic mass is 32.2. The standard InChI is InChI=1S/C24H14F3NS/c25-24(26,27)15-11-9-14(10-12-15)20-13-21-23(29-20)18-7-3-1-5-16(18)22(28-21)17-6-2-4-8-19(17)23/h1-13,22H. The first-order chi connectivity index (χ1) is 14.0. The van der Waals surface area contributed by atoms with Gasteiger partial charge in [-0.3, -0.25) is 4.99 Å². The molecule has 4 aliphatic rings. The predicted octanol–water partition coefficient (Wildman–Crippen LogP) is 6.59. The van der Waals surface area contributed by atoms with Gasteiger partial charge in [-0.15, -0.1) is 11.8 Å². The summed E-state index contributed by atoms with van der Waals surface area (Å²) in [4.78, 5) is 6.01. The van der Waals surface area contributed by atoms with Crippen LogP contribution in [0, 0.1) is 0 Å². The molecule has 1 aliphatic carbocycles. The lowest BCUT2D eigenvalue weighted by Gasteiger charge is -2.44. The second kappa shape index (κ2) is 5.63. The summed E-state index contributed by atoms with van der Waals surface area (Å²) in [6, 6.07) is 22.1. The Kier molecular flexibility index (Phi) is 3.32. The number of allylic oxidation sites excluding steroid dienone is 1. The van der Waals surface area contributed by atoms with E-state index in [0.29, 0.717) is 0 Å². The van der Waals surface area contributed by atoms with Crippen molar-refractivity contribution in [3.63, 3.8) is 0 Å². The van der Waals surface area contributed by atoms with E-state index in [0.717, 1.165) is 28.3 Å². The SMILES string of the molecule is FC(F)(F)c1ccc(C2=CC3=NC4c5ccccc5C3(S2)c2ccccc24)cc1. The van der Waals surface area contributed by atoms with Crippen LogP contribution in [0.1, 0.15) is 39.4 Å². The smallest absolute Gasteiger partial charge is 0.275 e. The summed E-state index contributed by atoms with van der Waals surface area (Å²) in [7, 11) is 0. The minimum atomic E-state index is -4.33. The molecule has 0 unspecified atom stereocenters. The summed E-state index contributed by atoms with van der Waals surface area (Å²) in [5, 5.41) is 0. The van der Waals surface area contributed by atoms with E-state index in [-0.39, 0.29) is 6.04 Å². The second-order valence-electron chi connectivity index (χ2n) is 7.46. The Labute approximate surface area is 170 Å². The van der Waals surface area contributed by atoms with Crippen molar-refractivity contribution in [2.45, 2.75) is 17.0 Å². The number of thioether (sulfide) groups is 1. The second-order valence-corrected chi connectivity index (χ2v) is 8.71. The van der Waals surface area contributed by atoms with Crippen molar-refractivity contribution in [2.75, 3.05) is 0 Å². The summed E-state index contributed by atoms with van der Waals surface area (Å²) in [6.07, 6.45) is -2.28. The van der Waals surface area contributed by atoms with Gasteiger partial charge in [0.1, 0.15) is 10.8 Å². The zero-order valence-corrected chi connectivity index (χ0v) is 15.9. The molecule has 2 bridgehead atoms. The average Bonchev–Trinajstić information content (AvgIpc) is 3.15. The summed E-state index contributed by atoms with van der Waals surface area (Å²) in [5.74, 6) is 0. The maximum Gasteiger partial charge on any atom is 0.416 e. The first-order valence-corrected chi connectivity index (χ1v) is 10.2. The summed E-state index contributed by atoms with van der Waals surface area (Å²) in [6.45, 7) is 0. The van der Waals surface area contributed by atoms with Gasteiger partial charge in [-0.25, -0.2) is 0 Å². The Balaban J connectivity index is 1.50. The summed E-state index contributed by atoms with van der Waals surface area (Å²) >= 11 is 1.68. The number of nitrogens with zero attached hydrogens (tertiary/aromatic N) is 1. The van der Waals surface area contributed by atoms with Gasteiger partial charge in [0.2, 0.25) is 0 Å². The van der Waals surface area contributed by atoms with E-state index < -0.39 is 16.5 Å². The number of halogens is 3. The highest BCUT2D eigenvalue weighted by Crippen LogP contribution is 2.63. The first-order valence-electron chi connectivity index (χ1n) is 9.34. The Morgan fingerprint density at radius 1 is 0.793 bits per heavy atom. The van der Waals surface area contributed by atoms with E-state index in [4.69, 9.17) is 4.99 Å². The maximum absolute atomic E-state index is 13.0. The van der Waals surface area contributed by atoms with Crippen LogP contribution in [0.3, 0.4) is 0 Å². The van der Waals surface area contributed by atoms with Gasteiger partial charge in [0.25, 0.3) is 0 Å². The molecule has 0 amide bonds. The van der Waals surface area contributed by atoms with Gasteiger partial charge in [-0.1, -0.05) is 60.7 Å². The predicted molar refractivity (Wildman–Crippen MR) is 110 cm³/mol. The van der Waals surface area contributed by atoms with Gasteiger partial charge < -0.3 is 0 Å². The Morgan fingerprint density at radius 3 is 1.97 bits per heavy atom. The molecule has 29 heavy (non-hydrogen) atoms. The Bertz CT molecular complexity index is 1170. The summed E-state index contributed by atoms with van der Waals surface area (Å²) in [5.41, 5.74) is 6.03. The normalized spacial score (nSPS) is 23.8. The molecule has 7 rings (SSSR count). The molecular weight excluding hydrogens is 391 g/mol. The molecule has 0 atom stereocenters. The third-order valence-electron chi connectivity index (χ3n) is 5.93. The zero-order chi connectivity index (χ0) is 19.8. The lowest BCUT2D eigenvalue weighted by Crippen LogP contribution is -2.40. The van der Waals surface area contributed by atoms with Crippen LogP contribution in [0.4, 0.5) is 13.2 Å². The lowest BCUT2D eigenvalue weighted by molar-refractivity contribution is -0.137. The van der Waals surface area contributed by atoms with E-state index >= 15 is 0 Å². The zero-order valence-electron chi connectivity index (χ0n) is 15.1. The molecule has 1 nitrogen and oxygen atoms in total. The molecule has 3 aromatic carbocycles. The minimum Gasteiger partial charge on any atom is -0.275 e. The van der Waals surface area contributed by atoms with Gasteiger partial charge >= 0.3 is 6.18 Å². The van der Waals surface area contributed by atoms with E-state index in [1.807, 2.05) is 30.3 Å². The van der Waals surface area contributed by atoms with Crippen LogP contribution in [-0.2, 0) is 10.9 Å². The Morgan fingerprint density at radius 2 is 1.38 bits per heavy atom. The topological polar surface area (TPSA) is 12.4 Å². The van der Waals surface area contributed by atoms with E-state index in [1.54, 1.807) is 23.9 Å². The number of hydrogen-bond acceptors (Lipinski definition) is 2. The third-order valence-corrected chi connectivity index (χ3v) is 7.45. The molecule has 0 N–H and O–H groups in total. The Hall–Kier alpha value is -2.79. The molecule has 0 radical (unpaired) electrons. The van der Waals surface area contributed by atoms with Crippen LogP contribution in [0.25, 0.3) is 4.91 Å². The van der Waals surface area contributed by atoms with E-state index in [1.165, 1.54) is 22.3 Å². The maximum atomic E-state index is 13.0. The van der Waals surface area contributed by atoms with Crippen molar-refractivity contribution in [2.24, 2.45) is 4.99 Å². The summed E-state index contributed by atoms with van der Waals surface area (Å²) < 4.78 is 38.4. The molecule has 1 spiro atoms. The molecule has 0 aromatic heterocycles. The number of benzene rings is 3. The van der Waals surface area contributed by atoms with Crippen molar-refractivity contribution in [3.05, 3.63) is 112 Å². The monoisotopic (exact) mass is 405 g/mol. The number of aliphatic imine (C=N–C) groups is 1. The van der Waals surface area contributed by atoms with Gasteiger partial charge in [-0.2, -0.15) is 13.2 Å². The molecule has 0 saturated carbocycles. The van der Waals surface area contributed by atoms with Crippen molar-refractivity contribution in [1.82, 2.24) is 0 Å². The van der Waals surface area contributed by atoms with E-state index in [9.17, 15) is 13.2 Å². The minimum absolute atomic E-state index is 0.0249. The molecule has 3 heterocycles. The molecule has 0 fully saturated rings. The lowest BCUT2D eigenvalue weighted by atomic mass is 9.70. The highest BCUT2D eigenvalue weighted by molar-refractivity contribution is 8.10. The quantitative estimate of drug-likeness (QED) is 0.445. The first kappa shape index (κ1) is 17.1. The number of alkyl halides is 3. The fourth-order valence-electron chi connectivity index (χ4n) is 4.66. The van der Waals surface area contributed by atoms with Crippen LogP contribution < -0.4 is 0 Å². The average molecular weight is 405 g/mol. The van der Waals surface area contributed by atoms with Crippen LogP contribution in [0.5, 0.6) is 0 Å². The van der Waals surface area contributed by atoms with Crippen LogP contribution in [-0.4, -0.2) is 5.71 Å². The van der Waals surface area contributed by atoms with Gasteiger partial charge in [0.05, 0.1) is 11.3 Å². The van der Waals surface area contributed by atoms with Crippen LogP contribution in [0.15, 0.2) is 83.9 Å². The number of rotatable bonds is 1. The van der Waals surface area contributed by atoms with Gasteiger partial charge in [0, 0.05) is 4.91 Å². The van der Waals surface area contributed by atoms with Gasteiger partial charge in [0.15, 0.2) is 0 Å². The van der Waals surface area contributed by atoms with Crippen molar-refractivity contribution in [1.29, 1.82) is 0 Å². The van der Waals surface area contributed by atoms with Crippen molar-refractivity contribution in [3.8, 4) is 0 Å². The van der Waals surface area contributed by atoms with Crippen molar-refractivity contribution >= 4 is 22.4 Å². The fraction of sp³-hybridized carbons (Fsp3) is 0.125. The third kappa shape index (κ3) is 2.22. The molecule has 142 valence electrons. The van der Waals surface area contributed by atoms with Crippen LogP contribution in [0.2, 0.25) is 0 Å². The largest absolute Gasteiger partial charge is 0.416 e. The van der Waals surface area contributed by atoms with Gasteiger partial charge in [-0.05, 0) is 46.0 Å². The molecular formula is C24H14F3NS. The highest BCUT2D eigenvalue weighted by Gasteiger charge is 2.54. The van der Waals surface area contributed by atoms with Crippen molar-refractivity contribution < 1.29 is 13.2 Å². The number of hydrogen-bond donors (Lipinski definition) is 0. The molecule has 3 aromatic rings. The molecule has 0 saturated heterocycles. The fourth-order valence-corrected chi connectivity index (χ4v) is 6.22. The molecule has 3 aliphatic heterocycles. The van der Waals surface area contributed by atoms with E-state index in [2.05, 4.69) is 24.3 Å². The molecule has 5 heteroatoms. The van der Waals surface area contributed by atoms with Crippen LogP contribution >= 0.6 is 11.8 Å².